The van der Waals surface area contributed by atoms with Crippen LogP contribution in [0.1, 0.15) is 27.6 Å². The van der Waals surface area contributed by atoms with Crippen LogP contribution in [0, 0.1) is 0 Å². The summed E-state index contributed by atoms with van der Waals surface area (Å²) in [4.78, 5) is 28.0. The summed E-state index contributed by atoms with van der Waals surface area (Å²) in [5.41, 5.74) is 0.292. The smallest absolute Gasteiger partial charge is 0.339 e. The summed E-state index contributed by atoms with van der Waals surface area (Å²) in [6, 6.07) is 6.63. The zero-order valence-electron chi connectivity index (χ0n) is 13.8. The third-order valence-corrected chi connectivity index (χ3v) is 4.74. The quantitative estimate of drug-likeness (QED) is 0.752. The number of nitrogens with zero attached hydrogens (tertiary/aromatic N) is 2. The highest BCUT2D eigenvalue weighted by Crippen LogP contribution is 2.22. The number of pyridine rings is 1. The molecule has 0 unspecified atom stereocenters. The lowest BCUT2D eigenvalue weighted by Crippen LogP contribution is -2.18. The zero-order chi connectivity index (χ0) is 18.8. The number of carboxylic acids is 1. The molecule has 132 valence electrons. The van der Waals surface area contributed by atoms with Crippen molar-refractivity contribution in [2.24, 2.45) is 0 Å². The third kappa shape index (κ3) is 4.13. The summed E-state index contributed by atoms with van der Waals surface area (Å²) in [5.74, 6) is -1.18. The number of benzene rings is 1. The second-order valence-electron chi connectivity index (χ2n) is 5.48. The van der Waals surface area contributed by atoms with E-state index < -0.39 is 16.0 Å². The predicted octanol–water partition coefficient (Wildman–Crippen LogP) is 1.85. The van der Waals surface area contributed by atoms with Gasteiger partial charge in [-0.3, -0.25) is 9.52 Å². The molecule has 0 aliphatic heterocycles. The Morgan fingerprint density at radius 2 is 1.76 bits per heavy atom. The fraction of sp³-hybridized carbons (Fsp3) is 0.188. The number of ketones is 1. The van der Waals surface area contributed by atoms with Crippen molar-refractivity contribution in [1.29, 1.82) is 0 Å². The maximum Gasteiger partial charge on any atom is 0.339 e. The minimum absolute atomic E-state index is 0.0265. The molecule has 0 saturated heterocycles. The lowest BCUT2D eigenvalue weighted by Gasteiger charge is -2.15. The Hall–Kier alpha value is -2.94. The Labute approximate surface area is 145 Å². The Balaban J connectivity index is 2.36. The van der Waals surface area contributed by atoms with Crippen molar-refractivity contribution < 1.29 is 23.1 Å². The molecule has 0 bridgehead atoms. The first-order valence-electron chi connectivity index (χ1n) is 7.16. The minimum Gasteiger partial charge on any atom is -0.478 e. The largest absolute Gasteiger partial charge is 0.478 e. The molecule has 8 nitrogen and oxygen atoms in total. The van der Waals surface area contributed by atoms with E-state index in [4.69, 9.17) is 0 Å². The SMILES string of the molecule is CC(=O)c1ccc(S(=O)(=O)Nc2cnc(N(C)C)c(C(=O)O)c2)cc1. The van der Waals surface area contributed by atoms with E-state index >= 15 is 0 Å². The van der Waals surface area contributed by atoms with Gasteiger partial charge in [0.15, 0.2) is 5.78 Å². The highest BCUT2D eigenvalue weighted by molar-refractivity contribution is 7.92. The molecular formula is C16H17N3O5S. The van der Waals surface area contributed by atoms with Crippen molar-refractivity contribution in [3.05, 3.63) is 47.7 Å². The Bertz CT molecular complexity index is 921. The van der Waals surface area contributed by atoms with E-state index in [-0.39, 0.29) is 27.7 Å². The number of carbonyl (C=O) groups is 2. The van der Waals surface area contributed by atoms with Gasteiger partial charge in [-0.2, -0.15) is 0 Å². The number of hydrogen-bond donors (Lipinski definition) is 2. The van der Waals surface area contributed by atoms with Crippen molar-refractivity contribution in [2.75, 3.05) is 23.7 Å². The molecule has 9 heteroatoms. The van der Waals surface area contributed by atoms with E-state index in [0.29, 0.717) is 5.56 Å². The molecule has 1 aromatic heterocycles. The number of hydrogen-bond acceptors (Lipinski definition) is 6. The Morgan fingerprint density at radius 3 is 2.24 bits per heavy atom. The summed E-state index contributed by atoms with van der Waals surface area (Å²) in [6.45, 7) is 1.38. The van der Waals surface area contributed by atoms with E-state index in [0.717, 1.165) is 0 Å². The van der Waals surface area contributed by atoms with Crippen LogP contribution in [0.2, 0.25) is 0 Å². The van der Waals surface area contributed by atoms with Gasteiger partial charge in [0.05, 0.1) is 16.8 Å². The second kappa shape index (κ2) is 6.89. The maximum atomic E-state index is 12.4. The first kappa shape index (κ1) is 18.4. The van der Waals surface area contributed by atoms with Gasteiger partial charge in [-0.05, 0) is 25.1 Å². The highest BCUT2D eigenvalue weighted by atomic mass is 32.2. The van der Waals surface area contributed by atoms with E-state index in [1.807, 2.05) is 0 Å². The second-order valence-corrected chi connectivity index (χ2v) is 7.16. The zero-order valence-corrected chi connectivity index (χ0v) is 14.7. The van der Waals surface area contributed by atoms with Crippen LogP contribution in [0.5, 0.6) is 0 Å². The summed E-state index contributed by atoms with van der Waals surface area (Å²) in [6.07, 6.45) is 1.24. The number of aromatic nitrogens is 1. The first-order valence-corrected chi connectivity index (χ1v) is 8.64. The van der Waals surface area contributed by atoms with E-state index in [1.165, 1.54) is 48.4 Å². The number of carboxylic acid groups (broad SMARTS) is 1. The highest BCUT2D eigenvalue weighted by Gasteiger charge is 2.18. The molecule has 0 aliphatic carbocycles. The van der Waals surface area contributed by atoms with Gasteiger partial charge in [-0.15, -0.1) is 0 Å². The molecule has 2 rings (SSSR count). The van der Waals surface area contributed by atoms with Crippen molar-refractivity contribution in [2.45, 2.75) is 11.8 Å². The molecule has 2 N–H and O–H groups in total. The van der Waals surface area contributed by atoms with Crippen molar-refractivity contribution in [1.82, 2.24) is 4.98 Å². The standard InChI is InChI=1S/C16H17N3O5S/c1-10(20)11-4-6-13(7-5-11)25(23,24)18-12-8-14(16(21)22)15(17-9-12)19(2)3/h4-9,18H,1-3H3,(H,21,22). The van der Waals surface area contributed by atoms with Gasteiger partial charge in [-0.25, -0.2) is 18.2 Å². The number of aromatic carboxylic acids is 1. The number of carbonyl (C=O) groups excluding carboxylic acids is 1. The van der Waals surface area contributed by atoms with Crippen LogP contribution in [0.15, 0.2) is 41.4 Å². The van der Waals surface area contributed by atoms with Gasteiger partial charge in [0.1, 0.15) is 11.4 Å². The van der Waals surface area contributed by atoms with Crippen LogP contribution in [-0.4, -0.2) is 44.4 Å². The van der Waals surface area contributed by atoms with Crippen molar-refractivity contribution >= 4 is 33.3 Å². The molecule has 1 aromatic carbocycles. The summed E-state index contributed by atoms with van der Waals surface area (Å²) in [7, 11) is -0.671. The van der Waals surface area contributed by atoms with Gasteiger partial charge < -0.3 is 10.0 Å². The molecular weight excluding hydrogens is 346 g/mol. The molecule has 1 heterocycles. The third-order valence-electron chi connectivity index (χ3n) is 3.34. The van der Waals surface area contributed by atoms with Crippen LogP contribution in [0.3, 0.4) is 0 Å². The van der Waals surface area contributed by atoms with E-state index in [2.05, 4.69) is 9.71 Å². The topological polar surface area (TPSA) is 117 Å². The molecule has 0 atom stereocenters. The average Bonchev–Trinajstić information content (AvgIpc) is 2.54. The van der Waals surface area contributed by atoms with Gasteiger partial charge in [0.2, 0.25) is 0 Å². The van der Waals surface area contributed by atoms with Crippen molar-refractivity contribution in [3.8, 4) is 0 Å². The van der Waals surface area contributed by atoms with E-state index in [1.54, 1.807) is 14.1 Å². The maximum absolute atomic E-state index is 12.4. The Morgan fingerprint density at radius 1 is 1.16 bits per heavy atom. The molecule has 0 amide bonds. The number of anilines is 2. The van der Waals surface area contributed by atoms with Gasteiger partial charge in [0, 0.05) is 19.7 Å². The lowest BCUT2D eigenvalue weighted by atomic mass is 10.2. The molecule has 25 heavy (non-hydrogen) atoms. The lowest BCUT2D eigenvalue weighted by molar-refractivity contribution is 0.0697. The predicted molar refractivity (Wildman–Crippen MR) is 92.8 cm³/mol. The van der Waals surface area contributed by atoms with Gasteiger partial charge in [0.25, 0.3) is 10.0 Å². The summed E-state index contributed by atoms with van der Waals surface area (Å²) >= 11 is 0. The fourth-order valence-electron chi connectivity index (χ4n) is 2.11. The monoisotopic (exact) mass is 363 g/mol. The fourth-order valence-corrected chi connectivity index (χ4v) is 3.14. The molecule has 0 radical (unpaired) electrons. The number of sulfonamides is 1. The van der Waals surface area contributed by atoms with Crippen molar-refractivity contribution in [3.63, 3.8) is 0 Å². The summed E-state index contributed by atoms with van der Waals surface area (Å²) < 4.78 is 27.1. The van der Waals surface area contributed by atoms with Crippen LogP contribution in [0.25, 0.3) is 0 Å². The first-order chi connectivity index (χ1) is 11.6. The normalized spacial score (nSPS) is 11.0. The van der Waals surface area contributed by atoms with Crippen LogP contribution in [0.4, 0.5) is 11.5 Å². The minimum atomic E-state index is -3.94. The van der Waals surface area contributed by atoms with Gasteiger partial charge >= 0.3 is 5.97 Å². The van der Waals surface area contributed by atoms with Crippen LogP contribution in [-0.2, 0) is 10.0 Å². The average molecular weight is 363 g/mol. The van der Waals surface area contributed by atoms with Crippen LogP contribution < -0.4 is 9.62 Å². The number of Topliss-reactive ketones (excluding diaryl/α,β-unsaturated/α-hetero) is 1. The van der Waals surface area contributed by atoms with Crippen LogP contribution >= 0.6 is 0 Å². The molecule has 0 saturated carbocycles. The number of nitrogens with one attached hydrogen (secondary N) is 1. The molecule has 0 fully saturated rings. The van der Waals surface area contributed by atoms with Gasteiger partial charge in [-0.1, -0.05) is 12.1 Å². The summed E-state index contributed by atoms with van der Waals surface area (Å²) in [5, 5.41) is 9.26. The molecule has 0 aliphatic rings. The molecule has 0 spiro atoms. The molecule has 2 aromatic rings. The van der Waals surface area contributed by atoms with E-state index in [9.17, 15) is 23.1 Å². The Kier molecular flexibility index (Phi) is 5.07. The number of rotatable bonds is 6.